The molecule has 2 nitrogen and oxygen atoms in total. The van der Waals surface area contributed by atoms with Crippen molar-refractivity contribution in [3.05, 3.63) is 35.6 Å². The number of aliphatic imine (C=N–C) groups is 1. The van der Waals surface area contributed by atoms with Crippen LogP contribution in [-0.2, 0) is 0 Å². The van der Waals surface area contributed by atoms with Gasteiger partial charge in [0.2, 0.25) is 0 Å². The minimum Gasteiger partial charge on any atom is -0.875 e. The highest BCUT2D eigenvalue weighted by Crippen LogP contribution is 2.08. The molecule has 0 saturated heterocycles. The van der Waals surface area contributed by atoms with Crippen molar-refractivity contribution in [3.63, 3.8) is 0 Å². The Labute approximate surface area is 66.3 Å². The van der Waals surface area contributed by atoms with Crippen molar-refractivity contribution >= 4 is 5.71 Å². The van der Waals surface area contributed by atoms with Crippen LogP contribution in [-0.4, -0.2) is 12.8 Å². The van der Waals surface area contributed by atoms with Crippen molar-refractivity contribution in [3.8, 4) is 0 Å². The molecule has 0 radical (unpaired) electrons. The van der Waals surface area contributed by atoms with E-state index in [1.165, 1.54) is 0 Å². The highest BCUT2D eigenvalue weighted by Gasteiger charge is 1.94. The van der Waals surface area contributed by atoms with Crippen LogP contribution in [0.1, 0.15) is 6.92 Å². The lowest BCUT2D eigenvalue weighted by molar-refractivity contribution is -0.302. The second-order valence-electron chi connectivity index (χ2n) is 2.33. The minimum atomic E-state index is 0.0904. The van der Waals surface area contributed by atoms with Crippen LogP contribution >= 0.6 is 0 Å². The first-order valence-corrected chi connectivity index (χ1v) is 3.45. The zero-order valence-electron chi connectivity index (χ0n) is 6.66. The van der Waals surface area contributed by atoms with Gasteiger partial charge >= 0.3 is 0 Å². The van der Waals surface area contributed by atoms with Crippen LogP contribution < -0.4 is 5.11 Å². The maximum Gasteiger partial charge on any atom is 0.0571 e. The molecule has 0 fully saturated rings. The lowest BCUT2D eigenvalue weighted by Crippen LogP contribution is -2.03. The Kier molecular flexibility index (Phi) is 2.26. The zero-order valence-corrected chi connectivity index (χ0v) is 6.66. The number of nitrogens with zero attached hydrogens (tertiary/aromatic N) is 1. The van der Waals surface area contributed by atoms with E-state index in [-0.39, 0.29) is 5.76 Å². The van der Waals surface area contributed by atoms with Gasteiger partial charge in [0, 0.05) is 7.05 Å². The van der Waals surface area contributed by atoms with Gasteiger partial charge in [0.15, 0.2) is 0 Å². The Morgan fingerprint density at radius 3 is 2.18 bits per heavy atom. The monoisotopic (exact) mass is 148 g/mol. The van der Waals surface area contributed by atoms with Gasteiger partial charge in [-0.25, -0.2) is 0 Å². The lowest BCUT2D eigenvalue weighted by Gasteiger charge is -2.10. The van der Waals surface area contributed by atoms with Crippen molar-refractivity contribution in [2.24, 2.45) is 4.99 Å². The van der Waals surface area contributed by atoms with E-state index >= 15 is 0 Å². The highest BCUT2D eigenvalue weighted by molar-refractivity contribution is 6.05. The molecule has 0 aromatic heterocycles. The quantitative estimate of drug-likeness (QED) is 0.468. The predicted octanol–water partition coefficient (Wildman–Crippen LogP) is 0.817. The van der Waals surface area contributed by atoms with Gasteiger partial charge in [-0.15, -0.1) is 5.76 Å². The van der Waals surface area contributed by atoms with Gasteiger partial charge in [-0.05, 0) is 17.7 Å². The molecular weight excluding hydrogens is 138 g/mol. The summed E-state index contributed by atoms with van der Waals surface area (Å²) in [5, 5.41) is 10.8. The van der Waals surface area contributed by atoms with Gasteiger partial charge in [0.05, 0.1) is 5.71 Å². The maximum atomic E-state index is 10.8. The standard InChI is InChI=1S/C9H11NO/c1-7(11)8-3-5-9(10-2)6-4-8/h3-6,11H,1-2H3/p-1. The van der Waals surface area contributed by atoms with Crippen molar-refractivity contribution in [2.75, 3.05) is 7.05 Å². The first-order valence-electron chi connectivity index (χ1n) is 3.45. The third kappa shape index (κ3) is 1.80. The molecule has 0 aliphatic heterocycles. The predicted molar refractivity (Wildman–Crippen MR) is 44.3 cm³/mol. The molecule has 0 saturated carbocycles. The molecule has 1 aliphatic carbocycles. The number of allylic oxidation sites excluding steroid dienone is 6. The summed E-state index contributed by atoms with van der Waals surface area (Å²) in [5.74, 6) is 0.0904. The zero-order chi connectivity index (χ0) is 8.27. The van der Waals surface area contributed by atoms with E-state index in [0.29, 0.717) is 0 Å². The maximum absolute atomic E-state index is 10.8. The molecule has 11 heavy (non-hydrogen) atoms. The lowest BCUT2D eigenvalue weighted by atomic mass is 10.1. The van der Waals surface area contributed by atoms with Crippen molar-refractivity contribution in [2.45, 2.75) is 6.92 Å². The number of hydrogen-bond donors (Lipinski definition) is 0. The smallest absolute Gasteiger partial charge is 0.0571 e. The van der Waals surface area contributed by atoms with E-state index in [1.807, 2.05) is 12.2 Å². The SMILES string of the molecule is CN=C1C=CC(=C(C)[O-])C=C1. The molecule has 0 aromatic rings. The summed E-state index contributed by atoms with van der Waals surface area (Å²) in [5.41, 5.74) is 1.63. The van der Waals surface area contributed by atoms with Gasteiger partial charge < -0.3 is 5.11 Å². The summed E-state index contributed by atoms with van der Waals surface area (Å²) >= 11 is 0. The first-order chi connectivity index (χ1) is 5.24. The molecule has 58 valence electrons. The van der Waals surface area contributed by atoms with Crippen molar-refractivity contribution in [1.29, 1.82) is 0 Å². The van der Waals surface area contributed by atoms with Gasteiger partial charge in [-0.1, -0.05) is 19.1 Å². The van der Waals surface area contributed by atoms with Crippen LogP contribution in [0.25, 0.3) is 0 Å². The van der Waals surface area contributed by atoms with Crippen LogP contribution in [0.15, 0.2) is 40.6 Å². The Bertz CT molecular complexity index is 247. The molecule has 0 unspecified atom stereocenters. The fourth-order valence-corrected chi connectivity index (χ4v) is 0.845. The van der Waals surface area contributed by atoms with Crippen molar-refractivity contribution in [1.82, 2.24) is 0 Å². The second-order valence-corrected chi connectivity index (χ2v) is 2.33. The van der Waals surface area contributed by atoms with Crippen LogP contribution in [0.2, 0.25) is 0 Å². The number of hydrogen-bond acceptors (Lipinski definition) is 2. The fourth-order valence-electron chi connectivity index (χ4n) is 0.845. The molecule has 0 spiro atoms. The Morgan fingerprint density at radius 1 is 1.27 bits per heavy atom. The molecule has 0 amide bonds. The van der Waals surface area contributed by atoms with Gasteiger partial charge in [0.25, 0.3) is 0 Å². The summed E-state index contributed by atoms with van der Waals surface area (Å²) in [6.07, 6.45) is 7.22. The summed E-state index contributed by atoms with van der Waals surface area (Å²) in [6, 6.07) is 0. The summed E-state index contributed by atoms with van der Waals surface area (Å²) < 4.78 is 0. The summed E-state index contributed by atoms with van der Waals surface area (Å²) in [4.78, 5) is 3.96. The third-order valence-corrected chi connectivity index (χ3v) is 1.53. The summed E-state index contributed by atoms with van der Waals surface area (Å²) in [7, 11) is 1.72. The van der Waals surface area contributed by atoms with Gasteiger partial charge in [-0.3, -0.25) is 4.99 Å². The molecule has 1 rings (SSSR count). The van der Waals surface area contributed by atoms with E-state index in [2.05, 4.69) is 4.99 Å². The molecule has 0 bridgehead atoms. The molecule has 0 N–H and O–H groups in total. The topological polar surface area (TPSA) is 35.4 Å². The van der Waals surface area contributed by atoms with Crippen LogP contribution in [0.3, 0.4) is 0 Å². The van der Waals surface area contributed by atoms with Crippen LogP contribution in [0.5, 0.6) is 0 Å². The average Bonchev–Trinajstić information content (AvgIpc) is 2.05. The van der Waals surface area contributed by atoms with Crippen molar-refractivity contribution < 1.29 is 5.11 Å². The summed E-state index contributed by atoms with van der Waals surface area (Å²) in [6.45, 7) is 1.55. The van der Waals surface area contributed by atoms with E-state index in [9.17, 15) is 5.11 Å². The van der Waals surface area contributed by atoms with Gasteiger partial charge in [0.1, 0.15) is 0 Å². The largest absolute Gasteiger partial charge is 0.875 e. The molecular formula is C9H10NO-. The normalized spacial score (nSPS) is 15.5. The molecule has 2 heteroatoms. The second kappa shape index (κ2) is 3.19. The molecule has 0 heterocycles. The Morgan fingerprint density at radius 2 is 1.82 bits per heavy atom. The highest BCUT2D eigenvalue weighted by atomic mass is 16.3. The molecule has 0 aromatic carbocycles. The minimum absolute atomic E-state index is 0.0904. The van der Waals surface area contributed by atoms with Crippen LogP contribution in [0.4, 0.5) is 0 Å². The molecule has 1 aliphatic rings. The Hall–Kier alpha value is -1.31. The third-order valence-electron chi connectivity index (χ3n) is 1.53. The Balaban J connectivity index is 2.89. The number of rotatable bonds is 0. The van der Waals surface area contributed by atoms with Gasteiger partial charge in [-0.2, -0.15) is 0 Å². The average molecular weight is 148 g/mol. The van der Waals surface area contributed by atoms with E-state index in [4.69, 9.17) is 0 Å². The fraction of sp³-hybridized carbons (Fsp3) is 0.222. The molecule has 0 atom stereocenters. The van der Waals surface area contributed by atoms with E-state index < -0.39 is 0 Å². The van der Waals surface area contributed by atoms with Crippen LogP contribution in [0, 0.1) is 0 Å². The van der Waals surface area contributed by atoms with E-state index in [1.54, 1.807) is 26.1 Å². The van der Waals surface area contributed by atoms with E-state index in [0.717, 1.165) is 11.3 Å². The first kappa shape index (κ1) is 7.79.